The van der Waals surface area contributed by atoms with Gasteiger partial charge in [-0.2, -0.15) is 0 Å². The van der Waals surface area contributed by atoms with Gasteiger partial charge in [-0.15, -0.1) is 0 Å². The molecule has 0 aliphatic rings. The lowest BCUT2D eigenvalue weighted by Crippen LogP contribution is -2.03. The van der Waals surface area contributed by atoms with Gasteiger partial charge in [-0.3, -0.25) is 4.57 Å². The second-order valence-electron chi connectivity index (χ2n) is 8.54. The summed E-state index contributed by atoms with van der Waals surface area (Å²) in [6.45, 7) is 2.18. The van der Waals surface area contributed by atoms with Crippen LogP contribution in [0.15, 0.2) is 127 Å². The molecule has 1 heterocycles. The van der Waals surface area contributed by atoms with E-state index in [4.69, 9.17) is 4.98 Å². The first-order valence-electron chi connectivity index (χ1n) is 11.6. The third-order valence-electron chi connectivity index (χ3n) is 6.33. The van der Waals surface area contributed by atoms with Crippen LogP contribution in [0.4, 0.5) is 0 Å². The normalized spacial score (nSPS) is 11.1. The van der Waals surface area contributed by atoms with Gasteiger partial charge in [-0.1, -0.05) is 109 Å². The monoisotopic (exact) mass is 436 g/mol. The number of imidazole rings is 1. The molecule has 0 spiro atoms. The molecule has 0 saturated carbocycles. The van der Waals surface area contributed by atoms with Crippen LogP contribution in [-0.2, 0) is 0 Å². The quantitative estimate of drug-likeness (QED) is 0.271. The SMILES string of the molecule is Cc1cccc(-c2ccccc2)c1-n1c(-c2cccc(-c3ccccc3)c2)nc2ccccc21. The number of hydrogen-bond donors (Lipinski definition) is 0. The molecule has 0 unspecified atom stereocenters. The maximum absolute atomic E-state index is 5.13. The number of benzene rings is 5. The molecule has 0 aliphatic heterocycles. The molecule has 2 nitrogen and oxygen atoms in total. The zero-order valence-electron chi connectivity index (χ0n) is 19.0. The van der Waals surface area contributed by atoms with Crippen LogP contribution in [0.1, 0.15) is 5.56 Å². The molecule has 6 rings (SSSR count). The third-order valence-corrected chi connectivity index (χ3v) is 6.33. The fraction of sp³-hybridized carbons (Fsp3) is 0.0312. The van der Waals surface area contributed by atoms with Crippen molar-refractivity contribution in [2.75, 3.05) is 0 Å². The Morgan fingerprint density at radius 3 is 1.94 bits per heavy atom. The fourth-order valence-electron chi connectivity index (χ4n) is 4.72. The van der Waals surface area contributed by atoms with Crippen LogP contribution in [0.3, 0.4) is 0 Å². The van der Waals surface area contributed by atoms with Crippen molar-refractivity contribution in [1.29, 1.82) is 0 Å². The van der Waals surface area contributed by atoms with Crippen LogP contribution in [0.5, 0.6) is 0 Å². The first-order chi connectivity index (χ1) is 16.8. The molecule has 34 heavy (non-hydrogen) atoms. The van der Waals surface area contributed by atoms with Gasteiger partial charge in [0.05, 0.1) is 16.7 Å². The Morgan fingerprint density at radius 2 is 1.15 bits per heavy atom. The molecule has 0 radical (unpaired) electrons. The Bertz CT molecular complexity index is 1600. The Balaban J connectivity index is 1.64. The standard InChI is InChI=1S/C32H24N2/c1-23-12-10-19-28(25-15-6-3-7-16-25)31(23)34-30-21-9-8-20-29(30)33-32(34)27-18-11-17-26(22-27)24-13-4-2-5-14-24/h2-22H,1H3. The smallest absolute Gasteiger partial charge is 0.145 e. The third kappa shape index (κ3) is 3.50. The number of fused-ring (bicyclic) bond motifs is 1. The number of hydrogen-bond acceptors (Lipinski definition) is 1. The van der Waals surface area contributed by atoms with Crippen molar-refractivity contribution in [2.45, 2.75) is 6.92 Å². The van der Waals surface area contributed by atoms with E-state index in [1.54, 1.807) is 0 Å². The molecule has 0 amide bonds. The minimum Gasteiger partial charge on any atom is -0.291 e. The predicted octanol–water partition coefficient (Wildman–Crippen LogP) is 8.33. The highest BCUT2D eigenvalue weighted by Gasteiger charge is 2.19. The van der Waals surface area contributed by atoms with E-state index in [9.17, 15) is 0 Å². The molecule has 5 aromatic carbocycles. The lowest BCUT2D eigenvalue weighted by molar-refractivity contribution is 1.08. The van der Waals surface area contributed by atoms with E-state index in [1.165, 1.54) is 33.5 Å². The summed E-state index contributed by atoms with van der Waals surface area (Å²) in [5.41, 5.74) is 10.4. The van der Waals surface area contributed by atoms with Crippen molar-refractivity contribution >= 4 is 11.0 Å². The number of nitrogens with zero attached hydrogens (tertiary/aromatic N) is 2. The topological polar surface area (TPSA) is 17.8 Å². The molecule has 1 aromatic heterocycles. The molecule has 0 saturated heterocycles. The van der Waals surface area contributed by atoms with Crippen LogP contribution >= 0.6 is 0 Å². The van der Waals surface area contributed by atoms with Crippen LogP contribution in [0, 0.1) is 6.92 Å². The van der Waals surface area contributed by atoms with Crippen molar-refractivity contribution in [2.24, 2.45) is 0 Å². The average Bonchev–Trinajstić information content (AvgIpc) is 3.29. The van der Waals surface area contributed by atoms with Gasteiger partial charge >= 0.3 is 0 Å². The molecule has 2 heteroatoms. The maximum Gasteiger partial charge on any atom is 0.145 e. The summed E-state index contributed by atoms with van der Waals surface area (Å²) < 4.78 is 2.33. The van der Waals surface area contributed by atoms with E-state index in [1.807, 2.05) is 0 Å². The van der Waals surface area contributed by atoms with Crippen molar-refractivity contribution in [3.63, 3.8) is 0 Å². The number of aromatic nitrogens is 2. The predicted molar refractivity (Wildman–Crippen MR) is 142 cm³/mol. The van der Waals surface area contributed by atoms with Gasteiger partial charge in [0.2, 0.25) is 0 Å². The molecule has 0 bridgehead atoms. The van der Waals surface area contributed by atoms with Crippen molar-refractivity contribution in [3.8, 4) is 39.3 Å². The molecular weight excluding hydrogens is 412 g/mol. The molecule has 6 aromatic rings. The first kappa shape index (κ1) is 20.2. The summed E-state index contributed by atoms with van der Waals surface area (Å²) in [6.07, 6.45) is 0. The van der Waals surface area contributed by atoms with E-state index < -0.39 is 0 Å². The highest BCUT2D eigenvalue weighted by atomic mass is 15.1. The van der Waals surface area contributed by atoms with E-state index in [-0.39, 0.29) is 0 Å². The number of aryl methyl sites for hydroxylation is 1. The summed E-state index contributed by atoms with van der Waals surface area (Å²) in [5, 5.41) is 0. The molecule has 0 aliphatic carbocycles. The molecular formula is C32H24N2. The van der Waals surface area contributed by atoms with Gasteiger partial charge in [-0.25, -0.2) is 4.98 Å². The van der Waals surface area contributed by atoms with Gasteiger partial charge in [0.15, 0.2) is 0 Å². The van der Waals surface area contributed by atoms with E-state index in [0.29, 0.717) is 0 Å². The summed E-state index contributed by atoms with van der Waals surface area (Å²) >= 11 is 0. The summed E-state index contributed by atoms with van der Waals surface area (Å²) in [6, 6.07) is 44.7. The summed E-state index contributed by atoms with van der Waals surface area (Å²) in [5.74, 6) is 0.950. The zero-order valence-corrected chi connectivity index (χ0v) is 19.0. The second kappa shape index (κ2) is 8.49. The average molecular weight is 437 g/mol. The fourth-order valence-corrected chi connectivity index (χ4v) is 4.72. The summed E-state index contributed by atoms with van der Waals surface area (Å²) in [4.78, 5) is 5.13. The second-order valence-corrected chi connectivity index (χ2v) is 8.54. The Hall–Kier alpha value is -4.43. The molecule has 0 atom stereocenters. The first-order valence-corrected chi connectivity index (χ1v) is 11.6. The van der Waals surface area contributed by atoms with Crippen LogP contribution in [-0.4, -0.2) is 9.55 Å². The van der Waals surface area contributed by atoms with Crippen LogP contribution < -0.4 is 0 Å². The summed E-state index contributed by atoms with van der Waals surface area (Å²) in [7, 11) is 0. The van der Waals surface area contributed by atoms with Gasteiger partial charge in [-0.05, 0) is 47.4 Å². The Morgan fingerprint density at radius 1 is 0.529 bits per heavy atom. The van der Waals surface area contributed by atoms with E-state index in [2.05, 4.69) is 139 Å². The van der Waals surface area contributed by atoms with Crippen molar-refractivity contribution in [3.05, 3.63) is 133 Å². The van der Waals surface area contributed by atoms with Crippen molar-refractivity contribution < 1.29 is 0 Å². The van der Waals surface area contributed by atoms with Crippen molar-refractivity contribution in [1.82, 2.24) is 9.55 Å². The van der Waals surface area contributed by atoms with Gasteiger partial charge < -0.3 is 0 Å². The van der Waals surface area contributed by atoms with E-state index >= 15 is 0 Å². The highest BCUT2D eigenvalue weighted by Crippen LogP contribution is 2.36. The lowest BCUT2D eigenvalue weighted by Gasteiger charge is -2.18. The minimum atomic E-state index is 0.950. The molecule has 0 N–H and O–H groups in total. The lowest BCUT2D eigenvalue weighted by atomic mass is 9.99. The Kier molecular flexibility index (Phi) is 5.04. The Labute approximate surface area is 199 Å². The van der Waals surface area contributed by atoms with Crippen LogP contribution in [0.25, 0.3) is 50.4 Å². The van der Waals surface area contributed by atoms with Gasteiger partial charge in [0.25, 0.3) is 0 Å². The molecule has 0 fully saturated rings. The minimum absolute atomic E-state index is 0.950. The zero-order chi connectivity index (χ0) is 22.9. The molecule has 162 valence electrons. The van der Waals surface area contributed by atoms with E-state index in [0.717, 1.165) is 22.4 Å². The number of rotatable bonds is 4. The maximum atomic E-state index is 5.13. The van der Waals surface area contributed by atoms with Gasteiger partial charge in [0, 0.05) is 11.1 Å². The number of para-hydroxylation sites is 3. The highest BCUT2D eigenvalue weighted by molar-refractivity contribution is 5.88. The largest absolute Gasteiger partial charge is 0.291 e. The van der Waals surface area contributed by atoms with Gasteiger partial charge in [0.1, 0.15) is 5.82 Å². The van der Waals surface area contributed by atoms with Crippen LogP contribution in [0.2, 0.25) is 0 Å².